The molecule has 2 bridgehead atoms. The number of likely N-dealkylation sites (tertiary alicyclic amines) is 1. The van der Waals surface area contributed by atoms with E-state index in [2.05, 4.69) is 9.88 Å². The monoisotopic (exact) mass is 383 g/mol. The molecule has 2 aromatic rings. The Hall–Kier alpha value is -2.34. The second-order valence-corrected chi connectivity index (χ2v) is 8.29. The Labute approximate surface area is 163 Å². The lowest BCUT2D eigenvalue weighted by Gasteiger charge is -2.51. The summed E-state index contributed by atoms with van der Waals surface area (Å²) in [6.07, 6.45) is 3.77. The van der Waals surface area contributed by atoms with Crippen molar-refractivity contribution in [3.63, 3.8) is 0 Å². The van der Waals surface area contributed by atoms with Gasteiger partial charge in [0.25, 0.3) is 5.91 Å². The molecule has 0 saturated carbocycles. The summed E-state index contributed by atoms with van der Waals surface area (Å²) in [4.78, 5) is 22.1. The van der Waals surface area contributed by atoms with Crippen LogP contribution in [0.1, 0.15) is 40.4 Å². The Morgan fingerprint density at radius 3 is 2.50 bits per heavy atom. The van der Waals surface area contributed by atoms with Crippen LogP contribution in [0.2, 0.25) is 0 Å². The molecule has 6 rings (SSSR count). The zero-order valence-corrected chi connectivity index (χ0v) is 15.8. The van der Waals surface area contributed by atoms with E-state index in [0.717, 1.165) is 37.6 Å². The molecule has 4 aliphatic rings. The maximum Gasteiger partial charge on any atom is 0.273 e. The molecule has 1 aromatic heterocycles. The van der Waals surface area contributed by atoms with Gasteiger partial charge in [0.1, 0.15) is 17.3 Å². The van der Waals surface area contributed by atoms with Crippen LogP contribution < -0.4 is 0 Å². The van der Waals surface area contributed by atoms with Gasteiger partial charge in [-0.3, -0.25) is 14.7 Å². The van der Waals surface area contributed by atoms with Gasteiger partial charge in [0.15, 0.2) is 0 Å². The summed E-state index contributed by atoms with van der Waals surface area (Å²) in [5.41, 5.74) is 1.97. The van der Waals surface area contributed by atoms with Gasteiger partial charge >= 0.3 is 0 Å². The van der Waals surface area contributed by atoms with Crippen LogP contribution in [-0.4, -0.2) is 52.4 Å². The molecule has 0 spiro atoms. The first-order valence-corrected chi connectivity index (χ1v) is 9.95. The number of aromatic nitrogens is 1. The molecule has 146 valence electrons. The smallest absolute Gasteiger partial charge is 0.273 e. The minimum absolute atomic E-state index is 0.0683. The maximum absolute atomic E-state index is 13.9. The number of piperidine rings is 3. The maximum atomic E-state index is 13.9. The number of nitrogens with zero attached hydrogens (tertiary/aromatic N) is 3. The molecule has 0 unspecified atom stereocenters. The van der Waals surface area contributed by atoms with Gasteiger partial charge < -0.3 is 4.90 Å². The van der Waals surface area contributed by atoms with Crippen LogP contribution >= 0.6 is 0 Å². The molecule has 4 saturated heterocycles. The highest BCUT2D eigenvalue weighted by Gasteiger charge is 2.55. The van der Waals surface area contributed by atoms with Crippen molar-refractivity contribution in [2.75, 3.05) is 19.6 Å². The summed E-state index contributed by atoms with van der Waals surface area (Å²) >= 11 is 0. The van der Waals surface area contributed by atoms with Gasteiger partial charge in [0, 0.05) is 30.8 Å². The molecule has 4 aliphatic heterocycles. The van der Waals surface area contributed by atoms with Crippen molar-refractivity contribution in [3.8, 4) is 0 Å². The van der Waals surface area contributed by atoms with E-state index in [1.165, 1.54) is 12.1 Å². The first kappa shape index (κ1) is 17.7. The molecule has 3 atom stereocenters. The van der Waals surface area contributed by atoms with Gasteiger partial charge in [0.2, 0.25) is 0 Å². The summed E-state index contributed by atoms with van der Waals surface area (Å²) in [6, 6.07) is 7.66. The summed E-state index contributed by atoms with van der Waals surface area (Å²) < 4.78 is 27.8. The number of benzene rings is 1. The molecule has 1 amide bonds. The van der Waals surface area contributed by atoms with Crippen LogP contribution in [-0.2, 0) is 0 Å². The van der Waals surface area contributed by atoms with Crippen LogP contribution in [0.4, 0.5) is 8.78 Å². The third-order valence-electron chi connectivity index (χ3n) is 6.78. The van der Waals surface area contributed by atoms with Gasteiger partial charge in [0.05, 0.1) is 6.04 Å². The number of hydrogen-bond acceptors (Lipinski definition) is 3. The van der Waals surface area contributed by atoms with E-state index in [1.807, 2.05) is 24.0 Å². The fourth-order valence-electron chi connectivity index (χ4n) is 5.58. The molecular weight excluding hydrogens is 360 g/mol. The Morgan fingerprint density at radius 1 is 1.11 bits per heavy atom. The average Bonchev–Trinajstić information content (AvgIpc) is 3.11. The zero-order valence-electron chi connectivity index (χ0n) is 15.8. The van der Waals surface area contributed by atoms with Gasteiger partial charge in [-0.15, -0.1) is 0 Å². The SMILES string of the molecule is Cc1cccnc1C(=O)N1C[C@@H](c2cc(F)cc(F)c2)[C@@H]2[C@H]1C1CCN2CC1. The van der Waals surface area contributed by atoms with Gasteiger partial charge in [-0.25, -0.2) is 8.78 Å². The molecule has 0 radical (unpaired) electrons. The van der Waals surface area contributed by atoms with Crippen molar-refractivity contribution in [1.29, 1.82) is 0 Å². The van der Waals surface area contributed by atoms with E-state index in [4.69, 9.17) is 0 Å². The second-order valence-electron chi connectivity index (χ2n) is 8.29. The molecule has 0 aliphatic carbocycles. The number of hydrogen-bond donors (Lipinski definition) is 0. The first-order valence-electron chi connectivity index (χ1n) is 9.95. The van der Waals surface area contributed by atoms with E-state index in [0.29, 0.717) is 23.7 Å². The highest BCUT2D eigenvalue weighted by atomic mass is 19.1. The molecule has 4 nitrogen and oxygen atoms in total. The first-order chi connectivity index (χ1) is 13.5. The molecule has 5 heterocycles. The number of pyridine rings is 1. The van der Waals surface area contributed by atoms with Crippen LogP contribution in [0.3, 0.4) is 0 Å². The minimum Gasteiger partial charge on any atom is -0.332 e. The van der Waals surface area contributed by atoms with E-state index in [1.54, 1.807) is 6.20 Å². The molecule has 28 heavy (non-hydrogen) atoms. The molecule has 6 heteroatoms. The Balaban J connectivity index is 1.56. The van der Waals surface area contributed by atoms with Crippen LogP contribution in [0.25, 0.3) is 0 Å². The van der Waals surface area contributed by atoms with Crippen molar-refractivity contribution in [1.82, 2.24) is 14.8 Å². The predicted molar refractivity (Wildman–Crippen MR) is 101 cm³/mol. The molecule has 1 aromatic carbocycles. The quantitative estimate of drug-likeness (QED) is 0.798. The number of aryl methyl sites for hydroxylation is 1. The highest BCUT2D eigenvalue weighted by molar-refractivity contribution is 5.94. The highest BCUT2D eigenvalue weighted by Crippen LogP contribution is 2.47. The fraction of sp³-hybridized carbons (Fsp3) is 0.455. The van der Waals surface area contributed by atoms with Crippen molar-refractivity contribution in [2.24, 2.45) is 5.92 Å². The predicted octanol–water partition coefficient (Wildman–Crippen LogP) is 3.37. The molecule has 4 fully saturated rings. The van der Waals surface area contributed by atoms with E-state index in [-0.39, 0.29) is 23.9 Å². The minimum atomic E-state index is -0.562. The third kappa shape index (κ3) is 2.73. The number of halogens is 2. The zero-order chi connectivity index (χ0) is 19.4. The third-order valence-corrected chi connectivity index (χ3v) is 6.78. The lowest BCUT2D eigenvalue weighted by molar-refractivity contribution is -0.00363. The Kier molecular flexibility index (Phi) is 4.19. The number of carbonyl (C=O) groups is 1. The van der Waals surface area contributed by atoms with Gasteiger partial charge in [-0.05, 0) is 68.1 Å². The summed E-state index contributed by atoms with van der Waals surface area (Å²) in [5.74, 6) is -0.848. The van der Waals surface area contributed by atoms with E-state index >= 15 is 0 Å². The van der Waals surface area contributed by atoms with Crippen molar-refractivity contribution in [3.05, 3.63) is 65.0 Å². The van der Waals surface area contributed by atoms with Crippen LogP contribution in [0.15, 0.2) is 36.5 Å². The van der Waals surface area contributed by atoms with Crippen molar-refractivity contribution in [2.45, 2.75) is 37.8 Å². The van der Waals surface area contributed by atoms with E-state index < -0.39 is 11.6 Å². The Bertz CT molecular complexity index is 905. The number of rotatable bonds is 2. The molecule has 0 N–H and O–H groups in total. The van der Waals surface area contributed by atoms with Crippen LogP contribution in [0.5, 0.6) is 0 Å². The fourth-order valence-corrected chi connectivity index (χ4v) is 5.58. The van der Waals surface area contributed by atoms with E-state index in [9.17, 15) is 13.6 Å². The largest absolute Gasteiger partial charge is 0.332 e. The van der Waals surface area contributed by atoms with Crippen molar-refractivity contribution < 1.29 is 13.6 Å². The topological polar surface area (TPSA) is 36.4 Å². The summed E-state index contributed by atoms with van der Waals surface area (Å²) in [6.45, 7) is 4.35. The number of carbonyl (C=O) groups excluding carboxylic acids is 1. The number of amides is 1. The standard InChI is InChI=1S/C22H23F2N3O/c1-13-3-2-6-25-19(13)22(28)27-12-18(15-9-16(23)11-17(24)10-15)21-20(27)14-4-7-26(21)8-5-14/h2-3,6,9-11,14,18,20-21H,4-5,7-8,12H2,1H3/t18-,20+,21+/m0/s1. The van der Waals surface area contributed by atoms with Gasteiger partial charge in [-0.1, -0.05) is 6.07 Å². The van der Waals surface area contributed by atoms with Crippen LogP contribution in [0, 0.1) is 24.5 Å². The lowest BCUT2D eigenvalue weighted by atomic mass is 9.75. The van der Waals surface area contributed by atoms with Crippen molar-refractivity contribution >= 4 is 5.91 Å². The molecular formula is C22H23F2N3O. The average molecular weight is 383 g/mol. The number of fused-ring (bicyclic) bond motifs is 2. The lowest BCUT2D eigenvalue weighted by Crippen LogP contribution is -2.60. The normalized spacial score (nSPS) is 31.1. The summed E-state index contributed by atoms with van der Waals surface area (Å²) in [5, 5.41) is 0. The summed E-state index contributed by atoms with van der Waals surface area (Å²) in [7, 11) is 0. The van der Waals surface area contributed by atoms with Gasteiger partial charge in [-0.2, -0.15) is 0 Å². The second kappa shape index (κ2) is 6.62. The Morgan fingerprint density at radius 2 is 1.82 bits per heavy atom.